The molecule has 1 aliphatic heterocycles. The maximum Gasteiger partial charge on any atom is 0.410 e. The number of ether oxygens (including phenoxy) is 1. The van der Waals surface area contributed by atoms with Crippen LogP contribution in [0.25, 0.3) is 0 Å². The Morgan fingerprint density at radius 1 is 1.47 bits per heavy atom. The van der Waals surface area contributed by atoms with Crippen molar-refractivity contribution >= 4 is 6.09 Å². The van der Waals surface area contributed by atoms with Gasteiger partial charge in [0.15, 0.2) is 0 Å². The molecule has 1 atom stereocenters. The second-order valence-electron chi connectivity index (χ2n) is 6.54. The van der Waals surface area contributed by atoms with Gasteiger partial charge in [0.05, 0.1) is 0 Å². The van der Waals surface area contributed by atoms with E-state index in [0.29, 0.717) is 12.5 Å². The van der Waals surface area contributed by atoms with Crippen LogP contribution >= 0.6 is 0 Å². The summed E-state index contributed by atoms with van der Waals surface area (Å²) in [5.41, 5.74) is 5.12. The molecule has 0 aromatic carbocycles. The molecule has 4 nitrogen and oxygen atoms in total. The Balaban J connectivity index is 2.68. The summed E-state index contributed by atoms with van der Waals surface area (Å²) in [6.07, 6.45) is 1.71. The van der Waals surface area contributed by atoms with Crippen molar-refractivity contribution in [2.75, 3.05) is 13.1 Å². The van der Waals surface area contributed by atoms with Gasteiger partial charge in [0.2, 0.25) is 0 Å². The Hall–Kier alpha value is -0.770. The zero-order chi connectivity index (χ0) is 13.3. The van der Waals surface area contributed by atoms with E-state index >= 15 is 0 Å². The standard InChI is InChI=1S/C13H26N2O2/c1-12(2,3)17-11(16)15-7-6-10(9-14)8-13(15,4)5/h10H,6-9,14H2,1-5H3. The molecule has 0 radical (unpaired) electrons. The largest absolute Gasteiger partial charge is 0.444 e. The fraction of sp³-hybridized carbons (Fsp3) is 0.923. The van der Waals surface area contributed by atoms with Crippen LogP contribution < -0.4 is 5.73 Å². The third-order valence-electron chi connectivity index (χ3n) is 3.23. The molecule has 2 N–H and O–H groups in total. The number of rotatable bonds is 1. The molecule has 1 unspecified atom stereocenters. The lowest BCUT2D eigenvalue weighted by molar-refractivity contribution is -0.0140. The second kappa shape index (κ2) is 4.84. The summed E-state index contributed by atoms with van der Waals surface area (Å²) < 4.78 is 5.44. The van der Waals surface area contributed by atoms with Crippen molar-refractivity contribution in [3.8, 4) is 0 Å². The van der Waals surface area contributed by atoms with E-state index < -0.39 is 5.60 Å². The van der Waals surface area contributed by atoms with Gasteiger partial charge in [-0.15, -0.1) is 0 Å². The van der Waals surface area contributed by atoms with Crippen LogP contribution in [0.4, 0.5) is 4.79 Å². The van der Waals surface area contributed by atoms with Crippen molar-refractivity contribution in [3.05, 3.63) is 0 Å². The first-order valence-corrected chi connectivity index (χ1v) is 6.36. The lowest BCUT2D eigenvalue weighted by Gasteiger charge is -2.45. The molecule has 1 fully saturated rings. The molecule has 1 saturated heterocycles. The summed E-state index contributed by atoms with van der Waals surface area (Å²) in [6, 6.07) is 0. The summed E-state index contributed by atoms with van der Waals surface area (Å²) in [5.74, 6) is 0.517. The van der Waals surface area contributed by atoms with Crippen molar-refractivity contribution in [2.45, 2.75) is 58.6 Å². The topological polar surface area (TPSA) is 55.6 Å². The predicted octanol–water partition coefficient (Wildman–Crippen LogP) is 2.37. The van der Waals surface area contributed by atoms with Crippen LogP contribution in [0.1, 0.15) is 47.5 Å². The molecule has 1 amide bonds. The van der Waals surface area contributed by atoms with Gasteiger partial charge in [0.25, 0.3) is 0 Å². The third-order valence-corrected chi connectivity index (χ3v) is 3.23. The molecule has 4 heteroatoms. The molecule has 0 saturated carbocycles. The van der Waals surface area contributed by atoms with Crippen molar-refractivity contribution in [2.24, 2.45) is 11.7 Å². The van der Waals surface area contributed by atoms with E-state index in [-0.39, 0.29) is 11.6 Å². The van der Waals surface area contributed by atoms with Gasteiger partial charge in [-0.05, 0) is 59.9 Å². The van der Waals surface area contributed by atoms with Crippen LogP contribution in [0, 0.1) is 5.92 Å². The van der Waals surface area contributed by atoms with E-state index in [9.17, 15) is 4.79 Å². The van der Waals surface area contributed by atoms with E-state index in [1.807, 2.05) is 25.7 Å². The summed E-state index contributed by atoms with van der Waals surface area (Å²) in [5, 5.41) is 0. The summed E-state index contributed by atoms with van der Waals surface area (Å²) in [7, 11) is 0. The van der Waals surface area contributed by atoms with Gasteiger partial charge in [-0.25, -0.2) is 4.79 Å². The molecular formula is C13H26N2O2. The molecule has 1 rings (SSSR count). The van der Waals surface area contributed by atoms with Crippen LogP contribution in [0.5, 0.6) is 0 Å². The number of amides is 1. The summed E-state index contributed by atoms with van der Waals surface area (Å²) in [4.78, 5) is 13.9. The van der Waals surface area contributed by atoms with Gasteiger partial charge in [0.1, 0.15) is 5.60 Å². The van der Waals surface area contributed by atoms with Crippen molar-refractivity contribution in [3.63, 3.8) is 0 Å². The monoisotopic (exact) mass is 242 g/mol. The minimum Gasteiger partial charge on any atom is -0.444 e. The molecule has 0 bridgehead atoms. The van der Waals surface area contributed by atoms with E-state index in [1.165, 1.54) is 0 Å². The molecule has 0 aromatic heterocycles. The first kappa shape index (κ1) is 14.3. The Labute approximate surface area is 104 Å². The van der Waals surface area contributed by atoms with Gasteiger partial charge in [-0.3, -0.25) is 0 Å². The number of hydrogen-bond donors (Lipinski definition) is 1. The van der Waals surface area contributed by atoms with Gasteiger partial charge in [0, 0.05) is 12.1 Å². The molecular weight excluding hydrogens is 216 g/mol. The number of carbonyl (C=O) groups is 1. The van der Waals surface area contributed by atoms with Crippen molar-refractivity contribution in [1.29, 1.82) is 0 Å². The van der Waals surface area contributed by atoms with Crippen LogP contribution in [0.15, 0.2) is 0 Å². The lowest BCUT2D eigenvalue weighted by atomic mass is 9.83. The normalized spacial score (nSPS) is 24.6. The minimum absolute atomic E-state index is 0.162. The molecule has 0 aromatic rings. The van der Waals surface area contributed by atoms with Crippen molar-refractivity contribution in [1.82, 2.24) is 4.90 Å². The van der Waals surface area contributed by atoms with E-state index in [1.54, 1.807) is 0 Å². The van der Waals surface area contributed by atoms with Crippen molar-refractivity contribution < 1.29 is 9.53 Å². The molecule has 17 heavy (non-hydrogen) atoms. The third kappa shape index (κ3) is 3.87. The minimum atomic E-state index is -0.433. The number of carbonyl (C=O) groups excluding carboxylic acids is 1. The van der Waals surface area contributed by atoms with Gasteiger partial charge < -0.3 is 15.4 Å². The number of piperidine rings is 1. The van der Waals surface area contributed by atoms with Crippen LogP contribution in [0.2, 0.25) is 0 Å². The highest BCUT2D eigenvalue weighted by Crippen LogP contribution is 2.32. The molecule has 1 aliphatic rings. The highest BCUT2D eigenvalue weighted by molar-refractivity contribution is 5.69. The Morgan fingerprint density at radius 3 is 2.47 bits per heavy atom. The molecule has 0 aliphatic carbocycles. The average molecular weight is 242 g/mol. The van der Waals surface area contributed by atoms with Gasteiger partial charge in [-0.2, -0.15) is 0 Å². The molecule has 0 spiro atoms. The fourth-order valence-corrected chi connectivity index (χ4v) is 2.39. The zero-order valence-corrected chi connectivity index (χ0v) is 11.7. The maximum absolute atomic E-state index is 12.1. The van der Waals surface area contributed by atoms with Gasteiger partial charge >= 0.3 is 6.09 Å². The zero-order valence-electron chi connectivity index (χ0n) is 11.7. The van der Waals surface area contributed by atoms with E-state index in [2.05, 4.69) is 13.8 Å². The SMILES string of the molecule is CC(C)(C)OC(=O)N1CCC(CN)CC1(C)C. The van der Waals surface area contributed by atoms with Crippen LogP contribution in [0.3, 0.4) is 0 Å². The highest BCUT2D eigenvalue weighted by Gasteiger charge is 2.39. The highest BCUT2D eigenvalue weighted by atomic mass is 16.6. The van der Waals surface area contributed by atoms with Crippen LogP contribution in [-0.4, -0.2) is 35.2 Å². The molecule has 1 heterocycles. The Bertz CT molecular complexity index is 282. The lowest BCUT2D eigenvalue weighted by Crippen LogP contribution is -2.54. The first-order valence-electron chi connectivity index (χ1n) is 6.36. The Kier molecular flexibility index (Phi) is 4.07. The summed E-state index contributed by atoms with van der Waals surface area (Å²) >= 11 is 0. The molecule has 100 valence electrons. The maximum atomic E-state index is 12.1. The average Bonchev–Trinajstić information content (AvgIpc) is 2.12. The number of hydrogen-bond acceptors (Lipinski definition) is 3. The second-order valence-corrected chi connectivity index (χ2v) is 6.54. The number of nitrogens with zero attached hydrogens (tertiary/aromatic N) is 1. The predicted molar refractivity (Wildman–Crippen MR) is 68.8 cm³/mol. The summed E-state index contributed by atoms with van der Waals surface area (Å²) in [6.45, 7) is 11.3. The fourth-order valence-electron chi connectivity index (χ4n) is 2.39. The van der Waals surface area contributed by atoms with E-state index in [0.717, 1.165) is 19.4 Å². The quantitative estimate of drug-likeness (QED) is 0.768. The number of likely N-dealkylation sites (tertiary alicyclic amines) is 1. The van der Waals surface area contributed by atoms with E-state index in [4.69, 9.17) is 10.5 Å². The Morgan fingerprint density at radius 2 is 2.06 bits per heavy atom. The first-order chi connectivity index (χ1) is 7.65. The smallest absolute Gasteiger partial charge is 0.410 e. The number of nitrogens with two attached hydrogens (primary N) is 1. The van der Waals surface area contributed by atoms with Crippen LogP contribution in [-0.2, 0) is 4.74 Å². The van der Waals surface area contributed by atoms with Gasteiger partial charge in [-0.1, -0.05) is 0 Å².